The SMILES string of the molecule is CCC(NCc1cc(F)ccc1Br)C(N)=O. The minimum atomic E-state index is -0.393. The Kier molecular flexibility index (Phi) is 4.89. The minimum absolute atomic E-state index is 0.299. The van der Waals surface area contributed by atoms with E-state index < -0.39 is 5.91 Å². The van der Waals surface area contributed by atoms with E-state index >= 15 is 0 Å². The number of nitrogens with one attached hydrogen (secondary N) is 1. The molecule has 1 unspecified atom stereocenters. The van der Waals surface area contributed by atoms with Crippen molar-refractivity contribution in [2.45, 2.75) is 25.9 Å². The number of carbonyl (C=O) groups excluding carboxylic acids is 1. The van der Waals surface area contributed by atoms with Gasteiger partial charge in [-0.25, -0.2) is 4.39 Å². The van der Waals surface area contributed by atoms with Crippen LogP contribution in [-0.2, 0) is 11.3 Å². The van der Waals surface area contributed by atoms with E-state index in [9.17, 15) is 9.18 Å². The van der Waals surface area contributed by atoms with Gasteiger partial charge in [-0.05, 0) is 30.2 Å². The van der Waals surface area contributed by atoms with E-state index in [1.54, 1.807) is 6.07 Å². The van der Waals surface area contributed by atoms with Crippen LogP contribution in [0.4, 0.5) is 4.39 Å². The third-order valence-electron chi connectivity index (χ3n) is 2.30. The maximum absolute atomic E-state index is 13.0. The van der Waals surface area contributed by atoms with Crippen molar-refractivity contribution in [1.29, 1.82) is 0 Å². The van der Waals surface area contributed by atoms with Gasteiger partial charge in [0.2, 0.25) is 5.91 Å². The molecular weight excluding hydrogens is 275 g/mol. The molecule has 0 aliphatic rings. The lowest BCUT2D eigenvalue weighted by Crippen LogP contribution is -2.40. The molecule has 1 aromatic carbocycles. The van der Waals surface area contributed by atoms with Gasteiger partial charge in [0.25, 0.3) is 0 Å². The molecule has 3 nitrogen and oxygen atoms in total. The maximum atomic E-state index is 13.0. The van der Waals surface area contributed by atoms with Crippen LogP contribution in [0.15, 0.2) is 22.7 Å². The highest BCUT2D eigenvalue weighted by Gasteiger charge is 2.12. The molecule has 3 N–H and O–H groups in total. The highest BCUT2D eigenvalue weighted by Crippen LogP contribution is 2.17. The highest BCUT2D eigenvalue weighted by molar-refractivity contribution is 9.10. The molecule has 0 saturated heterocycles. The van der Waals surface area contributed by atoms with Crippen molar-refractivity contribution in [3.63, 3.8) is 0 Å². The topological polar surface area (TPSA) is 55.1 Å². The third-order valence-corrected chi connectivity index (χ3v) is 3.07. The fourth-order valence-electron chi connectivity index (χ4n) is 1.36. The monoisotopic (exact) mass is 288 g/mol. The normalized spacial score (nSPS) is 12.4. The smallest absolute Gasteiger partial charge is 0.234 e. The van der Waals surface area contributed by atoms with Gasteiger partial charge in [0.15, 0.2) is 0 Å². The molecule has 0 aromatic heterocycles. The molecule has 0 aliphatic heterocycles. The zero-order valence-corrected chi connectivity index (χ0v) is 10.6. The summed E-state index contributed by atoms with van der Waals surface area (Å²) in [5.74, 6) is -0.692. The Labute approximate surface area is 102 Å². The van der Waals surface area contributed by atoms with Crippen molar-refractivity contribution < 1.29 is 9.18 Å². The van der Waals surface area contributed by atoms with Crippen molar-refractivity contribution in [2.24, 2.45) is 5.73 Å². The molecule has 0 bridgehead atoms. The Balaban J connectivity index is 2.66. The summed E-state index contributed by atoms with van der Waals surface area (Å²) in [5.41, 5.74) is 5.96. The predicted octanol–water partition coefficient (Wildman–Crippen LogP) is 1.94. The molecule has 1 amide bonds. The molecule has 0 aliphatic carbocycles. The Hall–Kier alpha value is -0.940. The van der Waals surface area contributed by atoms with Gasteiger partial charge < -0.3 is 11.1 Å². The summed E-state index contributed by atoms with van der Waals surface area (Å²) >= 11 is 3.32. The first-order chi connectivity index (χ1) is 7.54. The van der Waals surface area contributed by atoms with Crippen molar-refractivity contribution in [2.75, 3.05) is 0 Å². The zero-order chi connectivity index (χ0) is 12.1. The number of hydrogen-bond donors (Lipinski definition) is 2. The molecule has 1 rings (SSSR count). The Bertz CT molecular complexity index is 384. The standard InChI is InChI=1S/C11H14BrFN2O/c1-2-10(11(14)16)15-6-7-5-8(13)3-4-9(7)12/h3-5,10,15H,2,6H2,1H3,(H2,14,16). The number of benzene rings is 1. The molecule has 5 heteroatoms. The highest BCUT2D eigenvalue weighted by atomic mass is 79.9. The molecule has 0 fully saturated rings. The first-order valence-corrected chi connectivity index (χ1v) is 5.80. The van der Waals surface area contributed by atoms with Gasteiger partial charge >= 0.3 is 0 Å². The zero-order valence-electron chi connectivity index (χ0n) is 8.97. The molecular formula is C11H14BrFN2O. The van der Waals surface area contributed by atoms with E-state index in [0.29, 0.717) is 13.0 Å². The predicted molar refractivity (Wildman–Crippen MR) is 64.2 cm³/mol. The number of rotatable bonds is 5. The summed E-state index contributed by atoms with van der Waals surface area (Å²) in [6.45, 7) is 2.27. The third kappa shape index (κ3) is 3.57. The fraction of sp³-hybridized carbons (Fsp3) is 0.364. The van der Waals surface area contributed by atoms with Crippen LogP contribution in [0.5, 0.6) is 0 Å². The van der Waals surface area contributed by atoms with Crippen molar-refractivity contribution in [3.8, 4) is 0 Å². The summed E-state index contributed by atoms with van der Waals surface area (Å²) in [6, 6.07) is 4.05. The van der Waals surface area contributed by atoms with Gasteiger partial charge in [0.05, 0.1) is 6.04 Å². The van der Waals surface area contributed by atoms with E-state index in [1.165, 1.54) is 12.1 Å². The molecule has 16 heavy (non-hydrogen) atoms. The second kappa shape index (κ2) is 5.96. The summed E-state index contributed by atoms with van der Waals surface area (Å²) in [7, 11) is 0. The summed E-state index contributed by atoms with van der Waals surface area (Å²) < 4.78 is 13.8. The number of primary amides is 1. The van der Waals surface area contributed by atoms with Crippen molar-refractivity contribution in [1.82, 2.24) is 5.32 Å². The quantitative estimate of drug-likeness (QED) is 0.870. The van der Waals surface area contributed by atoms with Crippen LogP contribution in [0.1, 0.15) is 18.9 Å². The average Bonchev–Trinajstić information content (AvgIpc) is 2.23. The lowest BCUT2D eigenvalue weighted by Gasteiger charge is -2.13. The van der Waals surface area contributed by atoms with Crippen molar-refractivity contribution in [3.05, 3.63) is 34.1 Å². The minimum Gasteiger partial charge on any atom is -0.368 e. The Morgan fingerprint density at radius 3 is 2.88 bits per heavy atom. The fourth-order valence-corrected chi connectivity index (χ4v) is 1.74. The Morgan fingerprint density at radius 1 is 1.62 bits per heavy atom. The van der Waals surface area contributed by atoms with Gasteiger partial charge in [-0.1, -0.05) is 22.9 Å². The van der Waals surface area contributed by atoms with Crippen LogP contribution in [0.3, 0.4) is 0 Å². The lowest BCUT2D eigenvalue weighted by molar-refractivity contribution is -0.120. The van der Waals surface area contributed by atoms with E-state index in [2.05, 4.69) is 21.2 Å². The average molecular weight is 289 g/mol. The Morgan fingerprint density at radius 2 is 2.31 bits per heavy atom. The first kappa shape index (κ1) is 13.1. The molecule has 0 heterocycles. The number of nitrogens with two attached hydrogens (primary N) is 1. The van der Waals surface area contributed by atoms with Crippen LogP contribution in [-0.4, -0.2) is 11.9 Å². The molecule has 0 spiro atoms. The lowest BCUT2D eigenvalue weighted by atomic mass is 10.1. The van der Waals surface area contributed by atoms with Gasteiger partial charge in [-0.3, -0.25) is 4.79 Å². The first-order valence-electron chi connectivity index (χ1n) is 5.01. The van der Waals surface area contributed by atoms with Crippen LogP contribution in [0.25, 0.3) is 0 Å². The molecule has 0 saturated carbocycles. The second-order valence-electron chi connectivity index (χ2n) is 3.48. The number of amides is 1. The van der Waals surface area contributed by atoms with Gasteiger partial charge in [-0.2, -0.15) is 0 Å². The summed E-state index contributed by atoms with van der Waals surface area (Å²) in [4.78, 5) is 11.0. The summed E-state index contributed by atoms with van der Waals surface area (Å²) in [5, 5.41) is 2.98. The van der Waals surface area contributed by atoms with Crippen LogP contribution < -0.4 is 11.1 Å². The van der Waals surface area contributed by atoms with E-state index in [4.69, 9.17) is 5.73 Å². The van der Waals surface area contributed by atoms with Crippen LogP contribution in [0.2, 0.25) is 0 Å². The second-order valence-corrected chi connectivity index (χ2v) is 4.33. The molecule has 1 atom stereocenters. The number of hydrogen-bond acceptors (Lipinski definition) is 2. The largest absolute Gasteiger partial charge is 0.368 e. The molecule has 88 valence electrons. The van der Waals surface area contributed by atoms with Gasteiger partial charge in [0.1, 0.15) is 5.82 Å². The molecule has 0 radical (unpaired) electrons. The van der Waals surface area contributed by atoms with Crippen LogP contribution in [0, 0.1) is 5.82 Å². The maximum Gasteiger partial charge on any atom is 0.234 e. The van der Waals surface area contributed by atoms with E-state index in [1.807, 2.05) is 6.92 Å². The summed E-state index contributed by atoms with van der Waals surface area (Å²) in [6.07, 6.45) is 0.613. The van der Waals surface area contributed by atoms with Crippen LogP contribution >= 0.6 is 15.9 Å². The molecule has 1 aromatic rings. The van der Waals surface area contributed by atoms with E-state index in [-0.39, 0.29) is 11.9 Å². The van der Waals surface area contributed by atoms with Crippen molar-refractivity contribution >= 4 is 21.8 Å². The number of carbonyl (C=O) groups is 1. The number of halogens is 2. The van der Waals surface area contributed by atoms with E-state index in [0.717, 1.165) is 10.0 Å². The van der Waals surface area contributed by atoms with Gasteiger partial charge in [0, 0.05) is 11.0 Å². The van der Waals surface area contributed by atoms with Gasteiger partial charge in [-0.15, -0.1) is 0 Å².